The van der Waals surface area contributed by atoms with E-state index in [9.17, 15) is 4.79 Å². The Labute approximate surface area is 153 Å². The van der Waals surface area contributed by atoms with Gasteiger partial charge in [-0.05, 0) is 33.1 Å². The average Bonchev–Trinajstić information content (AvgIpc) is 3.26. The van der Waals surface area contributed by atoms with Crippen molar-refractivity contribution in [1.29, 1.82) is 0 Å². The zero-order chi connectivity index (χ0) is 18.0. The molecule has 7 nitrogen and oxygen atoms in total. The molecule has 0 amide bonds. The Balaban J connectivity index is 1.74. The van der Waals surface area contributed by atoms with Crippen LogP contribution >= 0.6 is 23.5 Å². The van der Waals surface area contributed by atoms with Crippen molar-refractivity contribution in [3.63, 3.8) is 0 Å². The smallest absolute Gasteiger partial charge is 0.277 e. The lowest BCUT2D eigenvalue weighted by Gasteiger charge is -2.04. The van der Waals surface area contributed by atoms with E-state index in [4.69, 9.17) is 8.94 Å². The fourth-order valence-electron chi connectivity index (χ4n) is 2.54. The highest BCUT2D eigenvalue weighted by Gasteiger charge is 2.19. The van der Waals surface area contributed by atoms with Crippen molar-refractivity contribution >= 4 is 29.3 Å². The Morgan fingerprint density at radius 2 is 2.04 bits per heavy atom. The largest absolute Gasteiger partial charge is 0.415 e. The number of carbonyl (C=O) groups excluding carboxylic acids is 1. The number of nitrogens with zero attached hydrogens (tertiary/aromatic N) is 4. The SMILES string of the molecule is CSCc1nnc(SCC(=O)c2cc(C)n(-c3cc(C)on3)c2C)o1. The highest BCUT2D eigenvalue weighted by atomic mass is 32.2. The zero-order valence-electron chi connectivity index (χ0n) is 14.4. The fourth-order valence-corrected chi connectivity index (χ4v) is 3.57. The lowest BCUT2D eigenvalue weighted by Crippen LogP contribution is -2.05. The molecule has 0 bridgehead atoms. The molecule has 0 saturated heterocycles. The molecule has 0 unspecified atom stereocenters. The molecule has 0 saturated carbocycles. The van der Waals surface area contributed by atoms with Crippen molar-refractivity contribution in [3.05, 3.63) is 40.7 Å². The van der Waals surface area contributed by atoms with Gasteiger partial charge in [0, 0.05) is 23.0 Å². The number of hydrogen-bond acceptors (Lipinski definition) is 8. The van der Waals surface area contributed by atoms with Crippen LogP contribution in [-0.4, -0.2) is 37.7 Å². The standard InChI is InChI=1S/C16H18N4O3S2/c1-9-5-12(11(3)20(9)14-6-10(2)23-19-14)13(21)7-25-16-18-17-15(22-16)8-24-4/h5-6H,7-8H2,1-4H3. The minimum atomic E-state index is 0.00850. The zero-order valence-corrected chi connectivity index (χ0v) is 16.0. The first-order valence-electron chi connectivity index (χ1n) is 7.59. The molecule has 3 aromatic heterocycles. The third-order valence-corrected chi connectivity index (χ3v) is 4.97. The molecule has 0 spiro atoms. The fraction of sp³-hybridized carbons (Fsp3) is 0.375. The molecule has 0 atom stereocenters. The Morgan fingerprint density at radius 3 is 2.72 bits per heavy atom. The second kappa shape index (κ2) is 7.49. The Bertz CT molecular complexity index is 897. The van der Waals surface area contributed by atoms with E-state index in [1.807, 2.05) is 43.7 Å². The van der Waals surface area contributed by atoms with Gasteiger partial charge in [-0.25, -0.2) is 0 Å². The molecule has 0 radical (unpaired) electrons. The summed E-state index contributed by atoms with van der Waals surface area (Å²) in [6.07, 6.45) is 1.96. The van der Waals surface area contributed by atoms with Crippen molar-refractivity contribution in [2.24, 2.45) is 0 Å². The molecule has 25 heavy (non-hydrogen) atoms. The predicted octanol–water partition coefficient (Wildman–Crippen LogP) is 3.61. The molecule has 0 aliphatic rings. The van der Waals surface area contributed by atoms with Crippen molar-refractivity contribution < 1.29 is 13.7 Å². The van der Waals surface area contributed by atoms with Gasteiger partial charge in [-0.2, -0.15) is 11.8 Å². The van der Waals surface area contributed by atoms with E-state index in [0.717, 1.165) is 17.1 Å². The van der Waals surface area contributed by atoms with Gasteiger partial charge in [-0.3, -0.25) is 9.36 Å². The van der Waals surface area contributed by atoms with Crippen LogP contribution in [0, 0.1) is 20.8 Å². The lowest BCUT2D eigenvalue weighted by atomic mass is 10.2. The van der Waals surface area contributed by atoms with Crippen LogP contribution in [0.2, 0.25) is 0 Å². The molecule has 0 aliphatic heterocycles. The molecular weight excluding hydrogens is 360 g/mol. The summed E-state index contributed by atoms with van der Waals surface area (Å²) in [5.41, 5.74) is 2.43. The molecule has 0 N–H and O–H groups in total. The van der Waals surface area contributed by atoms with Crippen molar-refractivity contribution in [2.75, 3.05) is 12.0 Å². The van der Waals surface area contributed by atoms with Crippen LogP contribution in [-0.2, 0) is 5.75 Å². The van der Waals surface area contributed by atoms with Gasteiger partial charge in [0.2, 0.25) is 5.89 Å². The van der Waals surface area contributed by atoms with Gasteiger partial charge in [-0.15, -0.1) is 10.2 Å². The predicted molar refractivity (Wildman–Crippen MR) is 96.6 cm³/mol. The van der Waals surface area contributed by atoms with Crippen molar-refractivity contribution in [1.82, 2.24) is 19.9 Å². The summed E-state index contributed by atoms with van der Waals surface area (Å²) in [5, 5.41) is 12.3. The molecule has 0 aromatic carbocycles. The lowest BCUT2D eigenvalue weighted by molar-refractivity contribution is 0.102. The Morgan fingerprint density at radius 1 is 1.24 bits per heavy atom. The normalized spacial score (nSPS) is 11.2. The second-order valence-electron chi connectivity index (χ2n) is 5.52. The first kappa shape index (κ1) is 17.8. The van der Waals surface area contributed by atoms with Crippen LogP contribution in [0.4, 0.5) is 0 Å². The van der Waals surface area contributed by atoms with E-state index in [0.29, 0.717) is 28.2 Å². The van der Waals surface area contributed by atoms with Gasteiger partial charge in [0.25, 0.3) is 5.22 Å². The first-order chi connectivity index (χ1) is 12.0. The molecule has 0 aliphatic carbocycles. The number of Topliss-reactive ketones (excluding diaryl/α,β-unsaturated/α-hetero) is 1. The maximum absolute atomic E-state index is 12.6. The van der Waals surface area contributed by atoms with E-state index in [1.165, 1.54) is 11.8 Å². The van der Waals surface area contributed by atoms with E-state index < -0.39 is 0 Å². The third kappa shape index (κ3) is 3.82. The monoisotopic (exact) mass is 378 g/mol. The Kier molecular flexibility index (Phi) is 5.33. The molecule has 3 heterocycles. The summed E-state index contributed by atoms with van der Waals surface area (Å²) in [5.74, 6) is 2.89. The van der Waals surface area contributed by atoms with Crippen molar-refractivity contribution in [2.45, 2.75) is 31.7 Å². The van der Waals surface area contributed by atoms with Crippen LogP contribution in [0.25, 0.3) is 5.82 Å². The number of rotatable bonds is 7. The van der Waals surface area contributed by atoms with Crippen LogP contribution in [0.1, 0.15) is 33.4 Å². The number of carbonyl (C=O) groups is 1. The highest BCUT2D eigenvalue weighted by molar-refractivity contribution is 7.99. The van der Waals surface area contributed by atoms with Crippen molar-refractivity contribution in [3.8, 4) is 5.82 Å². The second-order valence-corrected chi connectivity index (χ2v) is 7.32. The molecule has 132 valence electrons. The number of ketones is 1. The average molecular weight is 378 g/mol. The topological polar surface area (TPSA) is 87.0 Å². The van der Waals surface area contributed by atoms with Crippen LogP contribution in [0.15, 0.2) is 26.3 Å². The maximum atomic E-state index is 12.6. The first-order valence-corrected chi connectivity index (χ1v) is 9.97. The highest BCUT2D eigenvalue weighted by Crippen LogP contribution is 2.24. The van der Waals surface area contributed by atoms with Crippen LogP contribution < -0.4 is 0 Å². The van der Waals surface area contributed by atoms with Crippen LogP contribution in [0.5, 0.6) is 0 Å². The van der Waals surface area contributed by atoms with Gasteiger partial charge < -0.3 is 8.94 Å². The van der Waals surface area contributed by atoms with Gasteiger partial charge in [0.1, 0.15) is 5.76 Å². The summed E-state index contributed by atoms with van der Waals surface area (Å²) >= 11 is 2.86. The van der Waals surface area contributed by atoms with E-state index >= 15 is 0 Å². The number of aryl methyl sites for hydroxylation is 2. The molecule has 0 fully saturated rings. The van der Waals surface area contributed by atoms with E-state index in [-0.39, 0.29) is 11.5 Å². The minimum absolute atomic E-state index is 0.00850. The van der Waals surface area contributed by atoms with Gasteiger partial charge in [0.15, 0.2) is 11.6 Å². The van der Waals surface area contributed by atoms with Gasteiger partial charge in [-0.1, -0.05) is 16.9 Å². The number of hydrogen-bond donors (Lipinski definition) is 0. The number of aromatic nitrogens is 4. The summed E-state index contributed by atoms with van der Waals surface area (Å²) in [6, 6.07) is 3.71. The maximum Gasteiger partial charge on any atom is 0.277 e. The van der Waals surface area contributed by atoms with E-state index in [1.54, 1.807) is 11.8 Å². The van der Waals surface area contributed by atoms with Gasteiger partial charge >= 0.3 is 0 Å². The van der Waals surface area contributed by atoms with Gasteiger partial charge in [0.05, 0.1) is 11.5 Å². The summed E-state index contributed by atoms with van der Waals surface area (Å²) < 4.78 is 12.5. The number of thioether (sulfide) groups is 2. The third-order valence-electron chi connectivity index (χ3n) is 3.62. The molecule has 3 aromatic rings. The molecule has 3 rings (SSSR count). The summed E-state index contributed by atoms with van der Waals surface area (Å²) in [6.45, 7) is 5.68. The van der Waals surface area contributed by atoms with E-state index in [2.05, 4.69) is 15.4 Å². The Hall–Kier alpha value is -2.00. The van der Waals surface area contributed by atoms with Crippen LogP contribution in [0.3, 0.4) is 0 Å². The summed E-state index contributed by atoms with van der Waals surface area (Å²) in [7, 11) is 0. The summed E-state index contributed by atoms with van der Waals surface area (Å²) in [4.78, 5) is 12.6. The molecule has 9 heteroatoms. The molecular formula is C16H18N4O3S2. The minimum Gasteiger partial charge on any atom is -0.415 e. The quantitative estimate of drug-likeness (QED) is 0.455.